The molecule has 5 amide bonds. The molecule has 3 aliphatic rings. The molecule has 7 atom stereocenters. The van der Waals surface area contributed by atoms with Crippen LogP contribution < -0.4 is 21.7 Å². The van der Waals surface area contributed by atoms with Gasteiger partial charge in [-0.15, -0.1) is 0 Å². The summed E-state index contributed by atoms with van der Waals surface area (Å²) in [5.74, 6) is -3.43. The van der Waals surface area contributed by atoms with E-state index in [0.29, 0.717) is 13.0 Å². The minimum atomic E-state index is -1.11. The first-order chi connectivity index (χ1) is 22.6. The molecule has 0 radical (unpaired) electrons. The van der Waals surface area contributed by atoms with Gasteiger partial charge in [0, 0.05) is 6.54 Å². The highest BCUT2D eigenvalue weighted by molar-refractivity contribution is 6.37. The zero-order valence-electron chi connectivity index (χ0n) is 30.4. The second-order valence-corrected chi connectivity index (χ2v) is 16.9. The van der Waals surface area contributed by atoms with Crippen LogP contribution in [-0.4, -0.2) is 71.1 Å². The van der Waals surface area contributed by atoms with Gasteiger partial charge in [-0.2, -0.15) is 0 Å². The molecule has 0 bridgehead atoms. The van der Waals surface area contributed by atoms with Gasteiger partial charge in [0.2, 0.25) is 17.6 Å². The third-order valence-corrected chi connectivity index (χ3v) is 10.8. The molecule has 2 saturated carbocycles. The van der Waals surface area contributed by atoms with Gasteiger partial charge in [-0.05, 0) is 52.9 Å². The Kier molecular flexibility index (Phi) is 10.9. The first kappa shape index (κ1) is 37.9. The monoisotopic (exact) mass is 681 g/mol. The largest absolute Gasteiger partial charge is 0.456 e. The lowest BCUT2D eigenvalue weighted by atomic mass is 9.80. The van der Waals surface area contributed by atoms with Gasteiger partial charge in [0.25, 0.3) is 5.91 Å². The Morgan fingerprint density at radius 1 is 0.918 bits per heavy atom. The highest BCUT2D eigenvalue weighted by Crippen LogP contribution is 2.65. The van der Waals surface area contributed by atoms with Gasteiger partial charge in [0.1, 0.15) is 24.2 Å². The summed E-state index contributed by atoms with van der Waals surface area (Å²) in [5.41, 5.74) is 4.42. The first-order valence-corrected chi connectivity index (χ1v) is 17.4. The predicted octanol–water partition coefficient (Wildman–Crippen LogP) is 3.63. The number of fused-ring (bicyclic) bond motifs is 1. The lowest BCUT2D eigenvalue weighted by Crippen LogP contribution is -2.62. The Morgan fingerprint density at radius 3 is 2.00 bits per heavy atom. The Morgan fingerprint density at radius 2 is 1.49 bits per heavy atom. The van der Waals surface area contributed by atoms with Crippen LogP contribution in [0, 0.1) is 34.0 Å². The Bertz CT molecular complexity index is 1440. The number of hydrogen-bond acceptors (Lipinski definition) is 7. The summed E-state index contributed by atoms with van der Waals surface area (Å²) in [4.78, 5) is 81.4. The molecule has 5 N–H and O–H groups in total. The van der Waals surface area contributed by atoms with Gasteiger partial charge in [-0.1, -0.05) is 105 Å². The number of piperidine rings is 1. The molecule has 12 nitrogen and oxygen atoms in total. The van der Waals surface area contributed by atoms with E-state index in [0.717, 1.165) is 24.8 Å². The molecular formula is C37H55N5O7. The fraction of sp³-hybridized carbons (Fsp3) is 0.676. The fourth-order valence-electron chi connectivity index (χ4n) is 7.32. The number of carbonyl (C=O) groups is 6. The van der Waals surface area contributed by atoms with Gasteiger partial charge in [0.15, 0.2) is 0 Å². The number of ketones is 1. The summed E-state index contributed by atoms with van der Waals surface area (Å²) in [6.07, 6.45) is 2.61. The van der Waals surface area contributed by atoms with Crippen LogP contribution in [0.3, 0.4) is 0 Å². The molecule has 1 aromatic carbocycles. The number of nitrogens with zero attached hydrogens (tertiary/aromatic N) is 1. The van der Waals surface area contributed by atoms with Crippen molar-refractivity contribution in [3.63, 3.8) is 0 Å². The number of hydrogen-bond donors (Lipinski definition) is 4. The number of ether oxygens (including phenoxy) is 1. The van der Waals surface area contributed by atoms with Gasteiger partial charge in [0.05, 0.1) is 6.04 Å². The van der Waals surface area contributed by atoms with E-state index < -0.39 is 76.6 Å². The van der Waals surface area contributed by atoms with E-state index in [2.05, 4.69) is 16.0 Å². The molecule has 12 heteroatoms. The van der Waals surface area contributed by atoms with Crippen LogP contribution in [0.4, 0.5) is 4.79 Å². The molecular weight excluding hydrogens is 626 g/mol. The minimum absolute atomic E-state index is 0.0465. The molecule has 49 heavy (non-hydrogen) atoms. The van der Waals surface area contributed by atoms with Crippen LogP contribution >= 0.6 is 0 Å². The summed E-state index contributed by atoms with van der Waals surface area (Å²) in [6.45, 7) is 17.0. The minimum Gasteiger partial charge on any atom is -0.456 e. The molecule has 1 saturated heterocycles. The van der Waals surface area contributed by atoms with Crippen LogP contribution in [0.5, 0.6) is 0 Å². The SMILES string of the molecule is C[C@H](OC(=O)C(NC(=O)N[C@H](C(=O)N1C[C@H]2[C@@H]([C@H]1C(=O)NC(CC1CCC1)C(=O)C(N)=O)C2(C)C)C(C)(C)C)C(C)(C)C)c1ccccc1. The number of nitrogens with one attached hydrogen (secondary N) is 3. The Labute approximate surface area is 290 Å². The fourth-order valence-corrected chi connectivity index (χ4v) is 7.32. The molecule has 2 aliphatic carbocycles. The third-order valence-electron chi connectivity index (χ3n) is 10.8. The number of Topliss-reactive ketones (excluding diaryl/α,β-unsaturated/α-hetero) is 1. The molecule has 4 rings (SSSR count). The van der Waals surface area contributed by atoms with E-state index in [1.165, 1.54) is 4.90 Å². The van der Waals surface area contributed by atoms with Gasteiger partial charge >= 0.3 is 12.0 Å². The molecule has 2 unspecified atom stereocenters. The average molecular weight is 682 g/mol. The van der Waals surface area contributed by atoms with Crippen molar-refractivity contribution in [1.82, 2.24) is 20.9 Å². The van der Waals surface area contributed by atoms with E-state index in [1.54, 1.807) is 6.92 Å². The summed E-state index contributed by atoms with van der Waals surface area (Å²) < 4.78 is 5.75. The second-order valence-electron chi connectivity index (χ2n) is 16.9. The maximum atomic E-state index is 14.4. The Balaban J connectivity index is 1.51. The number of nitrogens with two attached hydrogens (primary N) is 1. The van der Waals surface area contributed by atoms with Crippen molar-refractivity contribution >= 4 is 35.5 Å². The predicted molar refractivity (Wildman–Crippen MR) is 183 cm³/mol. The first-order valence-electron chi connectivity index (χ1n) is 17.4. The van der Waals surface area contributed by atoms with Crippen LogP contribution in [0.15, 0.2) is 30.3 Å². The smallest absolute Gasteiger partial charge is 0.329 e. The van der Waals surface area contributed by atoms with Crippen LogP contribution in [0.25, 0.3) is 0 Å². The van der Waals surface area contributed by atoms with Gasteiger partial charge < -0.3 is 31.3 Å². The zero-order chi connectivity index (χ0) is 36.6. The number of carbonyl (C=O) groups excluding carboxylic acids is 6. The number of amides is 5. The molecule has 1 aliphatic heterocycles. The van der Waals surface area contributed by atoms with E-state index in [4.69, 9.17) is 10.5 Å². The summed E-state index contributed by atoms with van der Waals surface area (Å²) in [6, 6.07) is 4.48. The van der Waals surface area contributed by atoms with Crippen molar-refractivity contribution in [2.45, 2.75) is 118 Å². The van der Waals surface area contributed by atoms with Crippen molar-refractivity contribution in [1.29, 1.82) is 0 Å². The lowest BCUT2D eigenvalue weighted by molar-refractivity contribution is -0.153. The molecule has 1 aromatic rings. The van der Waals surface area contributed by atoms with Crippen molar-refractivity contribution in [2.24, 2.45) is 39.7 Å². The number of rotatable bonds is 12. The second kappa shape index (κ2) is 14.1. The number of urea groups is 1. The maximum Gasteiger partial charge on any atom is 0.329 e. The number of benzene rings is 1. The van der Waals surface area contributed by atoms with Crippen molar-refractivity contribution < 1.29 is 33.5 Å². The topological polar surface area (TPSA) is 177 Å². The number of esters is 1. The molecule has 3 fully saturated rings. The van der Waals surface area contributed by atoms with Crippen LogP contribution in [-0.2, 0) is 28.7 Å². The quantitative estimate of drug-likeness (QED) is 0.192. The third kappa shape index (κ3) is 8.44. The highest BCUT2D eigenvalue weighted by atomic mass is 16.5. The molecule has 270 valence electrons. The van der Waals surface area contributed by atoms with Gasteiger partial charge in [-0.25, -0.2) is 9.59 Å². The number of likely N-dealkylation sites (tertiary alicyclic amines) is 1. The lowest BCUT2D eigenvalue weighted by Gasteiger charge is -2.38. The van der Waals surface area contributed by atoms with E-state index >= 15 is 0 Å². The standard InChI is InChI=1S/C37H55N5O7/c1-20(22-16-11-10-12-17-22)49-33(47)29(36(5,6)7)41-34(48)40-28(35(2,3)4)32(46)42-19-23-25(37(23,8)9)26(42)31(45)39-24(27(43)30(38)44)18-21-14-13-15-21/h10-12,16-17,20-21,23-26,28-29H,13-15,18-19H2,1-9H3,(H2,38,44)(H,39,45)(H2,40,41,48)/t20-,23-,24?,25-,26-,28+,29?/m0/s1. The molecule has 0 aromatic heterocycles. The zero-order valence-corrected chi connectivity index (χ0v) is 30.4. The average Bonchev–Trinajstić information content (AvgIpc) is 3.30. The van der Waals surface area contributed by atoms with Crippen molar-refractivity contribution in [3.05, 3.63) is 35.9 Å². The van der Waals surface area contributed by atoms with Crippen LogP contribution in [0.1, 0.15) is 99.7 Å². The van der Waals surface area contributed by atoms with Crippen molar-refractivity contribution in [3.8, 4) is 0 Å². The Hall–Kier alpha value is -3.96. The summed E-state index contributed by atoms with van der Waals surface area (Å²) in [7, 11) is 0. The van der Waals surface area contributed by atoms with Crippen molar-refractivity contribution in [2.75, 3.05) is 6.54 Å². The van der Waals surface area contributed by atoms with E-state index in [-0.39, 0.29) is 23.2 Å². The van der Waals surface area contributed by atoms with Crippen LogP contribution in [0.2, 0.25) is 0 Å². The number of primary amides is 1. The van der Waals surface area contributed by atoms with Gasteiger partial charge in [-0.3, -0.25) is 19.2 Å². The highest BCUT2D eigenvalue weighted by Gasteiger charge is 2.70. The van der Waals surface area contributed by atoms with E-state index in [1.807, 2.05) is 85.7 Å². The molecule has 1 heterocycles. The summed E-state index contributed by atoms with van der Waals surface area (Å²) >= 11 is 0. The summed E-state index contributed by atoms with van der Waals surface area (Å²) in [5, 5.41) is 8.34. The molecule has 0 spiro atoms. The maximum absolute atomic E-state index is 14.4. The normalized spacial score (nSPS) is 23.9. The van der Waals surface area contributed by atoms with E-state index in [9.17, 15) is 28.8 Å².